The van der Waals surface area contributed by atoms with E-state index in [1.54, 1.807) is 5.01 Å². The van der Waals surface area contributed by atoms with E-state index in [2.05, 4.69) is 10.7 Å². The molecule has 0 spiro atoms. The smallest absolute Gasteiger partial charge is 0.221 e. The first-order valence-corrected chi connectivity index (χ1v) is 4.50. The number of hydrogen-bond donors (Lipinski definition) is 3. The van der Waals surface area contributed by atoms with Crippen LogP contribution in [0.25, 0.3) is 0 Å². The Morgan fingerprint density at radius 1 is 1.54 bits per heavy atom. The quantitative estimate of drug-likeness (QED) is 0.463. The molecule has 0 bridgehead atoms. The normalized spacial score (nSPS) is 13.0. The van der Waals surface area contributed by atoms with Crippen molar-refractivity contribution in [2.24, 2.45) is 5.73 Å². The van der Waals surface area contributed by atoms with Crippen molar-refractivity contribution in [2.75, 3.05) is 27.2 Å². The van der Waals surface area contributed by atoms with Gasteiger partial charge < -0.3 is 11.1 Å². The lowest BCUT2D eigenvalue weighted by Crippen LogP contribution is -2.46. The molecule has 0 fully saturated rings. The maximum Gasteiger partial charge on any atom is 0.221 e. The van der Waals surface area contributed by atoms with Crippen molar-refractivity contribution < 1.29 is 4.79 Å². The standard InChI is InChI=1S/C8H20N4O/c1-4-10-8(13)5-7(6-9)11-12(2)3/h7,11H,4-6,9H2,1-3H3,(H,10,13). The van der Waals surface area contributed by atoms with Crippen LogP contribution in [0.4, 0.5) is 0 Å². The number of carbonyl (C=O) groups excluding carboxylic acids is 1. The SMILES string of the molecule is CCNC(=O)CC(CN)NN(C)C. The van der Waals surface area contributed by atoms with Crippen molar-refractivity contribution in [1.82, 2.24) is 15.8 Å². The van der Waals surface area contributed by atoms with Gasteiger partial charge in [-0.2, -0.15) is 0 Å². The molecule has 0 aliphatic rings. The number of hydrazine groups is 1. The van der Waals surface area contributed by atoms with Crippen LogP contribution in [0.15, 0.2) is 0 Å². The van der Waals surface area contributed by atoms with Crippen molar-refractivity contribution in [3.8, 4) is 0 Å². The van der Waals surface area contributed by atoms with Crippen molar-refractivity contribution in [2.45, 2.75) is 19.4 Å². The van der Waals surface area contributed by atoms with Crippen LogP contribution >= 0.6 is 0 Å². The van der Waals surface area contributed by atoms with Gasteiger partial charge in [0.15, 0.2) is 0 Å². The van der Waals surface area contributed by atoms with Crippen molar-refractivity contribution in [3.05, 3.63) is 0 Å². The molecule has 5 nitrogen and oxygen atoms in total. The number of rotatable bonds is 6. The Morgan fingerprint density at radius 2 is 2.15 bits per heavy atom. The first-order valence-electron chi connectivity index (χ1n) is 4.50. The lowest BCUT2D eigenvalue weighted by Gasteiger charge is -2.20. The molecule has 1 amide bonds. The maximum absolute atomic E-state index is 11.2. The summed E-state index contributed by atoms with van der Waals surface area (Å²) in [5.41, 5.74) is 8.56. The van der Waals surface area contributed by atoms with Gasteiger partial charge >= 0.3 is 0 Å². The molecule has 0 aromatic carbocycles. The molecule has 78 valence electrons. The third-order valence-electron chi connectivity index (χ3n) is 1.53. The average molecular weight is 188 g/mol. The van der Waals surface area contributed by atoms with Gasteiger partial charge in [0.25, 0.3) is 0 Å². The van der Waals surface area contributed by atoms with Crippen LogP contribution in [-0.2, 0) is 4.79 Å². The van der Waals surface area contributed by atoms with Gasteiger partial charge in [0, 0.05) is 39.6 Å². The summed E-state index contributed by atoms with van der Waals surface area (Å²) in [5.74, 6) is 0.0345. The first-order chi connectivity index (χ1) is 6.10. The second-order valence-corrected chi connectivity index (χ2v) is 3.11. The molecule has 0 aliphatic carbocycles. The fourth-order valence-corrected chi connectivity index (χ4v) is 1.04. The summed E-state index contributed by atoms with van der Waals surface area (Å²) in [6, 6.07) is 0.0153. The van der Waals surface area contributed by atoms with Crippen LogP contribution in [0.2, 0.25) is 0 Å². The number of amides is 1. The Morgan fingerprint density at radius 3 is 2.54 bits per heavy atom. The predicted molar refractivity (Wildman–Crippen MR) is 53.0 cm³/mol. The van der Waals surface area contributed by atoms with E-state index < -0.39 is 0 Å². The topological polar surface area (TPSA) is 70.4 Å². The van der Waals surface area contributed by atoms with E-state index in [1.807, 2.05) is 21.0 Å². The van der Waals surface area contributed by atoms with Crippen molar-refractivity contribution in [3.63, 3.8) is 0 Å². The van der Waals surface area contributed by atoms with Gasteiger partial charge in [0.2, 0.25) is 5.91 Å². The summed E-state index contributed by atoms with van der Waals surface area (Å²) in [6.45, 7) is 3.02. The van der Waals surface area contributed by atoms with Crippen molar-refractivity contribution >= 4 is 5.91 Å². The lowest BCUT2D eigenvalue weighted by atomic mass is 10.2. The number of nitrogens with two attached hydrogens (primary N) is 1. The van der Waals surface area contributed by atoms with Crippen LogP contribution in [0, 0.1) is 0 Å². The van der Waals surface area contributed by atoms with Gasteiger partial charge in [0.05, 0.1) is 0 Å². The third-order valence-corrected chi connectivity index (χ3v) is 1.53. The van der Waals surface area contributed by atoms with Gasteiger partial charge in [-0.25, -0.2) is 0 Å². The minimum absolute atomic E-state index is 0.0153. The Kier molecular flexibility index (Phi) is 6.48. The van der Waals surface area contributed by atoms with Gasteiger partial charge in [-0.05, 0) is 6.92 Å². The molecule has 0 saturated carbocycles. The van der Waals surface area contributed by atoms with E-state index in [0.29, 0.717) is 19.5 Å². The average Bonchev–Trinajstić information content (AvgIpc) is 2.02. The van der Waals surface area contributed by atoms with E-state index in [0.717, 1.165) is 0 Å². The number of nitrogens with zero attached hydrogens (tertiary/aromatic N) is 1. The molecule has 1 atom stereocenters. The lowest BCUT2D eigenvalue weighted by molar-refractivity contribution is -0.121. The highest BCUT2D eigenvalue weighted by Crippen LogP contribution is 1.90. The van der Waals surface area contributed by atoms with Gasteiger partial charge in [-0.1, -0.05) is 0 Å². The Hall–Kier alpha value is -0.650. The summed E-state index contributed by atoms with van der Waals surface area (Å²) in [7, 11) is 3.75. The summed E-state index contributed by atoms with van der Waals surface area (Å²) in [4.78, 5) is 11.2. The monoisotopic (exact) mass is 188 g/mol. The summed E-state index contributed by atoms with van der Waals surface area (Å²) >= 11 is 0. The molecule has 0 aliphatic heterocycles. The van der Waals surface area contributed by atoms with Gasteiger partial charge in [-0.3, -0.25) is 15.2 Å². The fraction of sp³-hybridized carbons (Fsp3) is 0.875. The highest BCUT2D eigenvalue weighted by Gasteiger charge is 2.11. The number of hydrogen-bond acceptors (Lipinski definition) is 4. The van der Waals surface area contributed by atoms with Crippen LogP contribution < -0.4 is 16.5 Å². The largest absolute Gasteiger partial charge is 0.356 e. The molecule has 5 heteroatoms. The first kappa shape index (κ1) is 12.3. The fourth-order valence-electron chi connectivity index (χ4n) is 1.04. The van der Waals surface area contributed by atoms with E-state index in [1.165, 1.54) is 0 Å². The zero-order valence-corrected chi connectivity index (χ0v) is 8.63. The Labute approximate surface area is 79.6 Å². The summed E-state index contributed by atoms with van der Waals surface area (Å²) in [5, 5.41) is 4.53. The minimum Gasteiger partial charge on any atom is -0.356 e. The molecule has 0 saturated heterocycles. The molecule has 4 N–H and O–H groups in total. The molecular formula is C8H20N4O. The maximum atomic E-state index is 11.2. The Bertz CT molecular complexity index is 149. The zero-order valence-electron chi connectivity index (χ0n) is 8.63. The third kappa shape index (κ3) is 6.51. The van der Waals surface area contributed by atoms with Crippen LogP contribution in [0.5, 0.6) is 0 Å². The van der Waals surface area contributed by atoms with E-state index in [4.69, 9.17) is 5.73 Å². The number of carbonyl (C=O) groups is 1. The molecule has 0 aromatic rings. The van der Waals surface area contributed by atoms with Crippen LogP contribution in [0.1, 0.15) is 13.3 Å². The summed E-state index contributed by atoms with van der Waals surface area (Å²) in [6.07, 6.45) is 0.419. The highest BCUT2D eigenvalue weighted by atomic mass is 16.1. The second-order valence-electron chi connectivity index (χ2n) is 3.11. The summed E-state index contributed by atoms with van der Waals surface area (Å²) < 4.78 is 0. The highest BCUT2D eigenvalue weighted by molar-refractivity contribution is 5.76. The Balaban J connectivity index is 3.76. The zero-order chi connectivity index (χ0) is 10.3. The van der Waals surface area contributed by atoms with Crippen LogP contribution in [-0.4, -0.2) is 44.1 Å². The molecule has 0 heterocycles. The molecule has 0 aromatic heterocycles. The van der Waals surface area contributed by atoms with Gasteiger partial charge in [0.1, 0.15) is 0 Å². The van der Waals surface area contributed by atoms with Gasteiger partial charge in [-0.15, -0.1) is 0 Å². The predicted octanol–water partition coefficient (Wildman–Crippen LogP) is -1.09. The molecular weight excluding hydrogens is 168 g/mol. The van der Waals surface area contributed by atoms with E-state index in [9.17, 15) is 4.79 Å². The minimum atomic E-state index is 0.0153. The van der Waals surface area contributed by atoms with Crippen LogP contribution in [0.3, 0.4) is 0 Å². The second kappa shape index (κ2) is 6.82. The molecule has 0 radical (unpaired) electrons. The van der Waals surface area contributed by atoms with Crippen molar-refractivity contribution in [1.29, 1.82) is 0 Å². The molecule has 1 unspecified atom stereocenters. The van der Waals surface area contributed by atoms with E-state index >= 15 is 0 Å². The molecule has 13 heavy (non-hydrogen) atoms. The molecule has 0 rings (SSSR count). The van der Waals surface area contributed by atoms with E-state index in [-0.39, 0.29) is 11.9 Å². The number of nitrogens with one attached hydrogen (secondary N) is 2.